The van der Waals surface area contributed by atoms with Crippen LogP contribution in [-0.2, 0) is 0 Å². The van der Waals surface area contributed by atoms with Crippen LogP contribution < -0.4 is 5.32 Å². The fraction of sp³-hybridized carbons (Fsp3) is 0.455. The minimum atomic E-state index is -0.884. The fourth-order valence-corrected chi connectivity index (χ4v) is 1.51. The molecule has 0 aromatic heterocycles. The Kier molecular flexibility index (Phi) is 4.84. The van der Waals surface area contributed by atoms with Crippen molar-refractivity contribution in [3.8, 4) is 0 Å². The van der Waals surface area contributed by atoms with Crippen LogP contribution in [0.2, 0.25) is 0 Å². The monoisotopic (exact) mass is 242 g/mol. The Morgan fingerprint density at radius 3 is 2.88 bits per heavy atom. The van der Waals surface area contributed by atoms with Gasteiger partial charge < -0.3 is 10.4 Å². The van der Waals surface area contributed by atoms with Gasteiger partial charge in [0.25, 0.3) is 0 Å². The van der Waals surface area contributed by atoms with E-state index in [1.165, 1.54) is 12.1 Å². The van der Waals surface area contributed by atoms with E-state index in [4.69, 9.17) is 0 Å². The maximum atomic E-state index is 13.2. The summed E-state index contributed by atoms with van der Waals surface area (Å²) >= 11 is 0. The molecule has 0 aliphatic heterocycles. The number of nitrogens with one attached hydrogen (secondary N) is 1. The highest BCUT2D eigenvalue weighted by molar-refractivity contribution is 5.61. The van der Waals surface area contributed by atoms with E-state index < -0.39 is 22.5 Å². The molecule has 5 nitrogen and oxygen atoms in total. The molecule has 0 fully saturated rings. The van der Waals surface area contributed by atoms with Crippen LogP contribution >= 0.6 is 0 Å². The number of aliphatic hydroxyl groups is 1. The summed E-state index contributed by atoms with van der Waals surface area (Å²) in [5.74, 6) is -0.884. The average molecular weight is 242 g/mol. The van der Waals surface area contributed by atoms with E-state index in [0.29, 0.717) is 6.42 Å². The van der Waals surface area contributed by atoms with Gasteiger partial charge in [0.05, 0.1) is 11.0 Å². The third-order valence-corrected chi connectivity index (χ3v) is 2.32. The van der Waals surface area contributed by atoms with Crippen LogP contribution in [0.4, 0.5) is 15.8 Å². The van der Waals surface area contributed by atoms with Crippen molar-refractivity contribution >= 4 is 11.4 Å². The maximum Gasteiger partial charge on any atom is 0.327 e. The molecule has 94 valence electrons. The summed E-state index contributed by atoms with van der Waals surface area (Å²) in [5, 5.41) is 22.8. The standard InChI is InChI=1S/C11H15FN2O3/c1-2-4-8(15)7-13-10-6-3-5-9(12)11(10)14(16)17/h3,5-6,8,13,15H,2,4,7H2,1H3/t8-/m0/s1. The molecular formula is C11H15FN2O3. The summed E-state index contributed by atoms with van der Waals surface area (Å²) in [5.41, 5.74) is -0.499. The molecule has 17 heavy (non-hydrogen) atoms. The molecule has 0 radical (unpaired) electrons. The van der Waals surface area contributed by atoms with Crippen molar-refractivity contribution in [3.05, 3.63) is 34.1 Å². The minimum Gasteiger partial charge on any atom is -0.391 e. The van der Waals surface area contributed by atoms with Gasteiger partial charge in [-0.25, -0.2) is 0 Å². The lowest BCUT2D eigenvalue weighted by atomic mass is 10.2. The number of nitrogens with zero attached hydrogens (tertiary/aromatic N) is 1. The first-order valence-corrected chi connectivity index (χ1v) is 5.41. The number of benzene rings is 1. The van der Waals surface area contributed by atoms with Crippen LogP contribution in [0.15, 0.2) is 18.2 Å². The number of nitro groups is 1. The van der Waals surface area contributed by atoms with Crippen molar-refractivity contribution in [2.45, 2.75) is 25.9 Å². The molecule has 0 spiro atoms. The Morgan fingerprint density at radius 2 is 2.29 bits per heavy atom. The van der Waals surface area contributed by atoms with Gasteiger partial charge in [-0.1, -0.05) is 19.4 Å². The Morgan fingerprint density at radius 1 is 1.59 bits per heavy atom. The lowest BCUT2D eigenvalue weighted by Crippen LogP contribution is -2.19. The van der Waals surface area contributed by atoms with E-state index in [-0.39, 0.29) is 12.2 Å². The summed E-state index contributed by atoms with van der Waals surface area (Å²) in [6, 6.07) is 3.84. The van der Waals surface area contributed by atoms with Crippen LogP contribution in [0.1, 0.15) is 19.8 Å². The van der Waals surface area contributed by atoms with Gasteiger partial charge in [0.2, 0.25) is 5.82 Å². The summed E-state index contributed by atoms with van der Waals surface area (Å²) in [6.45, 7) is 2.09. The molecule has 0 amide bonds. The zero-order valence-electron chi connectivity index (χ0n) is 9.52. The molecule has 1 rings (SSSR count). The van der Waals surface area contributed by atoms with Crippen LogP contribution in [-0.4, -0.2) is 22.7 Å². The molecule has 0 bridgehead atoms. The molecule has 6 heteroatoms. The number of anilines is 1. The molecule has 0 saturated carbocycles. The Labute approximate surface area is 98.4 Å². The van der Waals surface area contributed by atoms with E-state index in [2.05, 4.69) is 5.32 Å². The second-order valence-corrected chi connectivity index (χ2v) is 3.72. The van der Waals surface area contributed by atoms with Crippen LogP contribution in [0.25, 0.3) is 0 Å². The highest BCUT2D eigenvalue weighted by Crippen LogP contribution is 2.27. The average Bonchev–Trinajstić information content (AvgIpc) is 2.26. The van der Waals surface area contributed by atoms with Gasteiger partial charge in [0, 0.05) is 6.54 Å². The van der Waals surface area contributed by atoms with Crippen molar-refractivity contribution in [3.63, 3.8) is 0 Å². The molecule has 1 aromatic rings. The highest BCUT2D eigenvalue weighted by atomic mass is 19.1. The quantitative estimate of drug-likeness (QED) is 0.593. The largest absolute Gasteiger partial charge is 0.391 e. The lowest BCUT2D eigenvalue weighted by molar-refractivity contribution is -0.386. The van der Waals surface area contributed by atoms with Gasteiger partial charge in [-0.15, -0.1) is 0 Å². The van der Waals surface area contributed by atoms with E-state index in [1.807, 2.05) is 6.92 Å². The maximum absolute atomic E-state index is 13.2. The smallest absolute Gasteiger partial charge is 0.327 e. The van der Waals surface area contributed by atoms with Gasteiger partial charge >= 0.3 is 5.69 Å². The Bertz CT molecular complexity index is 398. The van der Waals surface area contributed by atoms with Crippen molar-refractivity contribution < 1.29 is 14.4 Å². The molecule has 0 aliphatic carbocycles. The number of para-hydroxylation sites is 1. The molecule has 1 atom stereocenters. The second kappa shape index (κ2) is 6.15. The summed E-state index contributed by atoms with van der Waals surface area (Å²) < 4.78 is 13.2. The Hall–Kier alpha value is -1.69. The molecular weight excluding hydrogens is 227 g/mol. The summed E-state index contributed by atoms with van der Waals surface area (Å²) in [6.07, 6.45) is 0.812. The van der Waals surface area contributed by atoms with Crippen molar-refractivity contribution in [2.24, 2.45) is 0 Å². The van der Waals surface area contributed by atoms with E-state index in [9.17, 15) is 19.6 Å². The van der Waals surface area contributed by atoms with Crippen LogP contribution in [0.3, 0.4) is 0 Å². The zero-order chi connectivity index (χ0) is 12.8. The van der Waals surface area contributed by atoms with E-state index in [0.717, 1.165) is 12.5 Å². The normalized spacial score (nSPS) is 12.2. The van der Waals surface area contributed by atoms with Gasteiger partial charge in [-0.3, -0.25) is 10.1 Å². The summed E-state index contributed by atoms with van der Waals surface area (Å²) in [4.78, 5) is 9.90. The molecule has 0 aliphatic rings. The highest BCUT2D eigenvalue weighted by Gasteiger charge is 2.19. The first-order valence-electron chi connectivity index (χ1n) is 5.41. The fourth-order valence-electron chi connectivity index (χ4n) is 1.51. The molecule has 2 N–H and O–H groups in total. The predicted octanol–water partition coefficient (Wildman–Crippen LogP) is 2.31. The number of hydrogen-bond acceptors (Lipinski definition) is 4. The van der Waals surface area contributed by atoms with Gasteiger partial charge in [-0.05, 0) is 18.6 Å². The van der Waals surface area contributed by atoms with Gasteiger partial charge in [0.1, 0.15) is 5.69 Å². The van der Waals surface area contributed by atoms with Gasteiger partial charge in [-0.2, -0.15) is 4.39 Å². The molecule has 1 aromatic carbocycles. The lowest BCUT2D eigenvalue weighted by Gasteiger charge is -2.11. The second-order valence-electron chi connectivity index (χ2n) is 3.72. The van der Waals surface area contributed by atoms with E-state index in [1.54, 1.807) is 0 Å². The topological polar surface area (TPSA) is 75.4 Å². The van der Waals surface area contributed by atoms with Crippen LogP contribution in [0.5, 0.6) is 0 Å². The predicted molar refractivity (Wildman–Crippen MR) is 62.5 cm³/mol. The number of aliphatic hydroxyl groups excluding tert-OH is 1. The zero-order valence-corrected chi connectivity index (χ0v) is 9.52. The third kappa shape index (κ3) is 3.67. The first-order chi connectivity index (χ1) is 8.06. The Balaban J connectivity index is 2.77. The van der Waals surface area contributed by atoms with Crippen molar-refractivity contribution in [1.29, 1.82) is 0 Å². The van der Waals surface area contributed by atoms with Crippen LogP contribution in [0, 0.1) is 15.9 Å². The molecule has 0 saturated heterocycles. The minimum absolute atomic E-state index is 0.0881. The first kappa shape index (κ1) is 13.4. The van der Waals surface area contributed by atoms with Crippen molar-refractivity contribution in [2.75, 3.05) is 11.9 Å². The molecule has 0 unspecified atom stereocenters. The third-order valence-electron chi connectivity index (χ3n) is 2.32. The van der Waals surface area contributed by atoms with E-state index >= 15 is 0 Å². The summed E-state index contributed by atoms with van der Waals surface area (Å²) in [7, 11) is 0. The molecule has 0 heterocycles. The number of halogens is 1. The van der Waals surface area contributed by atoms with Gasteiger partial charge in [0.15, 0.2) is 0 Å². The number of nitro benzene ring substituents is 1. The number of rotatable bonds is 6. The number of hydrogen-bond donors (Lipinski definition) is 2. The SMILES string of the molecule is CCC[C@H](O)CNc1cccc(F)c1[N+](=O)[O-]. The van der Waals surface area contributed by atoms with Crippen molar-refractivity contribution in [1.82, 2.24) is 0 Å².